The van der Waals surface area contributed by atoms with Crippen LogP contribution in [0.1, 0.15) is 0 Å². The Kier molecular flexibility index (Phi) is 6.18. The summed E-state index contributed by atoms with van der Waals surface area (Å²) >= 11 is 0. The molecule has 3 heteroatoms. The van der Waals surface area contributed by atoms with Crippen molar-refractivity contribution in [2.45, 2.75) is 0 Å². The van der Waals surface area contributed by atoms with Gasteiger partial charge in [0.25, 0.3) is 0 Å². The second-order valence-corrected chi connectivity index (χ2v) is 12.6. The molecule has 0 radical (unpaired) electrons. The zero-order valence-electron chi connectivity index (χ0n) is 26.6. The molecule has 2 heterocycles. The smallest absolute Gasteiger partial charge is 0.160 e. The lowest BCUT2D eigenvalue weighted by atomic mass is 10.0. The molecule has 0 unspecified atom stereocenters. The van der Waals surface area contributed by atoms with E-state index < -0.39 is 0 Å². The van der Waals surface area contributed by atoms with Gasteiger partial charge in [-0.05, 0) is 82.6 Å². The minimum Gasteiger partial charge on any atom is -0.454 e. The quantitative estimate of drug-likeness (QED) is 0.190. The molecular weight excluding hydrogens is 597 g/mol. The number of furan rings is 1. The van der Waals surface area contributed by atoms with E-state index >= 15 is 0 Å². The predicted molar refractivity (Wildman–Crippen MR) is 206 cm³/mol. The van der Waals surface area contributed by atoms with E-state index in [-0.39, 0.29) is 0 Å². The first kappa shape index (κ1) is 27.5. The van der Waals surface area contributed by atoms with Gasteiger partial charge >= 0.3 is 0 Å². The minimum atomic E-state index is 0.872. The van der Waals surface area contributed by atoms with Gasteiger partial charge in [-0.2, -0.15) is 0 Å². The van der Waals surface area contributed by atoms with Crippen LogP contribution in [0.15, 0.2) is 186 Å². The molecule has 0 amide bonds. The molecule has 0 bridgehead atoms. The number of hydrogen-bond donors (Lipinski definition) is 0. The standard InChI is InChI=1S/C46H30N2O/c1-2-13-31(14-3-1)32-16-12-17-36(29-32)47(43-30-33-15-4-5-18-37(33)45-40-21-8-11-24-44(40)49-46(43)45)34-25-27-35(28-26-34)48-41-22-9-6-19-38(41)39-20-7-10-23-42(39)48/h1-30H. The molecule has 8 aromatic carbocycles. The fourth-order valence-electron chi connectivity index (χ4n) is 7.56. The SMILES string of the molecule is c1ccc(-c2cccc(N(c3ccc(-n4c5ccccc5c5ccccc54)cc3)c3cc4ccccc4c4c3oc3ccccc34)c2)cc1. The lowest BCUT2D eigenvalue weighted by molar-refractivity contribution is 0.669. The van der Waals surface area contributed by atoms with Crippen LogP contribution in [0.4, 0.5) is 17.1 Å². The first-order valence-corrected chi connectivity index (χ1v) is 16.7. The first-order valence-electron chi connectivity index (χ1n) is 16.7. The second kappa shape index (κ2) is 11.0. The third kappa shape index (κ3) is 4.37. The number of rotatable bonds is 5. The zero-order valence-corrected chi connectivity index (χ0v) is 26.6. The monoisotopic (exact) mass is 626 g/mol. The molecule has 0 aliphatic carbocycles. The highest BCUT2D eigenvalue weighted by Crippen LogP contribution is 2.46. The summed E-state index contributed by atoms with van der Waals surface area (Å²) in [7, 11) is 0. The van der Waals surface area contributed by atoms with Gasteiger partial charge in [0.2, 0.25) is 0 Å². The fraction of sp³-hybridized carbons (Fsp3) is 0. The normalized spacial score (nSPS) is 11.7. The minimum absolute atomic E-state index is 0.872. The molecular formula is C46H30N2O. The Morgan fingerprint density at radius 1 is 0.429 bits per heavy atom. The maximum absolute atomic E-state index is 6.76. The van der Waals surface area contributed by atoms with Crippen molar-refractivity contribution in [3.63, 3.8) is 0 Å². The van der Waals surface area contributed by atoms with Crippen LogP contribution in [0.2, 0.25) is 0 Å². The van der Waals surface area contributed by atoms with Crippen molar-refractivity contribution < 1.29 is 4.42 Å². The second-order valence-electron chi connectivity index (χ2n) is 12.6. The van der Waals surface area contributed by atoms with Gasteiger partial charge in [-0.1, -0.05) is 121 Å². The number of fused-ring (bicyclic) bond motifs is 8. The summed E-state index contributed by atoms with van der Waals surface area (Å²) in [6, 6.07) is 64.9. The van der Waals surface area contributed by atoms with E-state index in [4.69, 9.17) is 4.42 Å². The van der Waals surface area contributed by atoms with E-state index in [1.807, 2.05) is 6.07 Å². The van der Waals surface area contributed by atoms with Crippen LogP contribution in [-0.4, -0.2) is 4.57 Å². The number of anilines is 3. The number of para-hydroxylation sites is 3. The van der Waals surface area contributed by atoms with Crippen molar-refractivity contribution in [3.8, 4) is 16.8 Å². The molecule has 10 rings (SSSR count). The van der Waals surface area contributed by atoms with Crippen LogP contribution < -0.4 is 4.90 Å². The van der Waals surface area contributed by atoms with Gasteiger partial charge in [0.05, 0.1) is 16.7 Å². The number of nitrogens with zero attached hydrogens (tertiary/aromatic N) is 2. The maximum atomic E-state index is 6.76. The summed E-state index contributed by atoms with van der Waals surface area (Å²) in [5.74, 6) is 0. The average molecular weight is 627 g/mol. The summed E-state index contributed by atoms with van der Waals surface area (Å²) in [5.41, 5.74) is 10.7. The van der Waals surface area contributed by atoms with Crippen LogP contribution in [0.5, 0.6) is 0 Å². The molecule has 0 atom stereocenters. The molecule has 0 spiro atoms. The van der Waals surface area contributed by atoms with Crippen LogP contribution in [0, 0.1) is 0 Å². The Labute approximate surface area is 283 Å². The van der Waals surface area contributed by atoms with Crippen molar-refractivity contribution >= 4 is 71.6 Å². The number of hydrogen-bond acceptors (Lipinski definition) is 2. The molecule has 0 aliphatic rings. The Balaban J connectivity index is 1.22. The lowest BCUT2D eigenvalue weighted by Gasteiger charge is -2.27. The maximum Gasteiger partial charge on any atom is 0.160 e. The van der Waals surface area contributed by atoms with Crippen LogP contribution >= 0.6 is 0 Å². The predicted octanol–water partition coefficient (Wildman–Crippen LogP) is 13.0. The van der Waals surface area contributed by atoms with Crippen molar-refractivity contribution in [3.05, 3.63) is 182 Å². The van der Waals surface area contributed by atoms with Gasteiger partial charge in [-0.3, -0.25) is 0 Å². The summed E-state index contributed by atoms with van der Waals surface area (Å²) in [6.07, 6.45) is 0. The van der Waals surface area contributed by atoms with E-state index in [0.29, 0.717) is 0 Å². The molecule has 0 fully saturated rings. The fourth-order valence-corrected chi connectivity index (χ4v) is 7.56. The van der Waals surface area contributed by atoms with Crippen molar-refractivity contribution in [1.29, 1.82) is 0 Å². The van der Waals surface area contributed by atoms with Crippen LogP contribution in [0.25, 0.3) is 71.3 Å². The molecule has 0 saturated heterocycles. The Morgan fingerprint density at radius 2 is 1.04 bits per heavy atom. The Morgan fingerprint density at radius 3 is 1.80 bits per heavy atom. The molecule has 0 saturated carbocycles. The van der Waals surface area contributed by atoms with E-state index in [9.17, 15) is 0 Å². The van der Waals surface area contributed by atoms with Gasteiger partial charge < -0.3 is 13.9 Å². The molecule has 2 aromatic heterocycles. The van der Waals surface area contributed by atoms with E-state index in [1.54, 1.807) is 0 Å². The third-order valence-electron chi connectivity index (χ3n) is 9.75. The van der Waals surface area contributed by atoms with E-state index in [0.717, 1.165) is 50.3 Å². The highest BCUT2D eigenvalue weighted by molar-refractivity contribution is 6.23. The lowest BCUT2D eigenvalue weighted by Crippen LogP contribution is -2.11. The average Bonchev–Trinajstić information content (AvgIpc) is 3.73. The zero-order chi connectivity index (χ0) is 32.3. The van der Waals surface area contributed by atoms with Crippen LogP contribution in [-0.2, 0) is 0 Å². The van der Waals surface area contributed by atoms with Gasteiger partial charge in [0.1, 0.15) is 5.58 Å². The van der Waals surface area contributed by atoms with Gasteiger partial charge in [0, 0.05) is 38.6 Å². The molecule has 10 aromatic rings. The van der Waals surface area contributed by atoms with Crippen molar-refractivity contribution in [2.75, 3.05) is 4.90 Å². The molecule has 230 valence electrons. The Hall–Kier alpha value is -6.58. The number of benzene rings is 8. The summed E-state index contributed by atoms with van der Waals surface area (Å²) in [6.45, 7) is 0. The third-order valence-corrected chi connectivity index (χ3v) is 9.75. The van der Waals surface area contributed by atoms with Crippen molar-refractivity contribution in [1.82, 2.24) is 4.57 Å². The number of aromatic nitrogens is 1. The summed E-state index contributed by atoms with van der Waals surface area (Å²) < 4.78 is 9.13. The largest absolute Gasteiger partial charge is 0.454 e. The topological polar surface area (TPSA) is 21.3 Å². The van der Waals surface area contributed by atoms with Gasteiger partial charge in [-0.15, -0.1) is 0 Å². The molecule has 0 N–H and O–H groups in total. The first-order chi connectivity index (χ1) is 24.3. The van der Waals surface area contributed by atoms with Gasteiger partial charge in [0.15, 0.2) is 5.58 Å². The highest BCUT2D eigenvalue weighted by atomic mass is 16.3. The molecule has 49 heavy (non-hydrogen) atoms. The van der Waals surface area contributed by atoms with Crippen molar-refractivity contribution in [2.24, 2.45) is 0 Å². The Bertz CT molecular complexity index is 2770. The summed E-state index contributed by atoms with van der Waals surface area (Å²) in [5, 5.41) is 7.12. The summed E-state index contributed by atoms with van der Waals surface area (Å²) in [4.78, 5) is 2.35. The van der Waals surface area contributed by atoms with E-state index in [1.165, 1.54) is 38.1 Å². The molecule has 0 aliphatic heterocycles. The molecule has 3 nitrogen and oxygen atoms in total. The van der Waals surface area contributed by atoms with Gasteiger partial charge in [-0.25, -0.2) is 0 Å². The highest BCUT2D eigenvalue weighted by Gasteiger charge is 2.22. The van der Waals surface area contributed by atoms with E-state index in [2.05, 4.69) is 185 Å². The van der Waals surface area contributed by atoms with Crippen LogP contribution in [0.3, 0.4) is 0 Å².